The van der Waals surface area contributed by atoms with Gasteiger partial charge >= 0.3 is 0 Å². The monoisotopic (exact) mass is 350 g/mol. The minimum atomic E-state index is -3.53. The molecule has 0 spiro atoms. The number of hydrogen-bond donors (Lipinski definition) is 1. The molecule has 0 saturated carbocycles. The standard InChI is InChI=1S/C16H18N2O5S/c1-22-11-5-7-12(8-6-11)24(20,21)10-9-15(19)17-16-13-3-2-4-14(13)18-23-16/h5-8H,2-4,9-10H2,1H3,(H,17,19). The molecule has 24 heavy (non-hydrogen) atoms. The van der Waals surface area contributed by atoms with Gasteiger partial charge in [-0.15, -0.1) is 0 Å². The van der Waals surface area contributed by atoms with E-state index in [9.17, 15) is 13.2 Å². The van der Waals surface area contributed by atoms with Gasteiger partial charge in [0, 0.05) is 12.0 Å². The zero-order valence-electron chi connectivity index (χ0n) is 13.2. The summed E-state index contributed by atoms with van der Waals surface area (Å²) in [6.45, 7) is 0. The fourth-order valence-electron chi connectivity index (χ4n) is 2.64. The summed E-state index contributed by atoms with van der Waals surface area (Å²) in [5.74, 6) is 0.236. The summed E-state index contributed by atoms with van der Waals surface area (Å²) in [7, 11) is -2.03. The van der Waals surface area contributed by atoms with Crippen molar-refractivity contribution in [3.8, 4) is 5.75 Å². The molecule has 7 nitrogen and oxygen atoms in total. The second kappa shape index (κ2) is 6.64. The van der Waals surface area contributed by atoms with Gasteiger partial charge in [0.05, 0.1) is 23.5 Å². The number of methoxy groups -OCH3 is 1. The van der Waals surface area contributed by atoms with Crippen LogP contribution in [0.4, 0.5) is 5.88 Å². The minimum Gasteiger partial charge on any atom is -0.497 e. The molecule has 1 aliphatic carbocycles. The Morgan fingerprint density at radius 1 is 1.29 bits per heavy atom. The van der Waals surface area contributed by atoms with Crippen LogP contribution in [-0.4, -0.2) is 32.3 Å². The van der Waals surface area contributed by atoms with E-state index in [4.69, 9.17) is 9.26 Å². The van der Waals surface area contributed by atoms with Gasteiger partial charge in [-0.2, -0.15) is 0 Å². The number of ether oxygens (including phenoxy) is 1. The minimum absolute atomic E-state index is 0.149. The van der Waals surface area contributed by atoms with Gasteiger partial charge in [0.2, 0.25) is 11.8 Å². The second-order valence-corrected chi connectivity index (χ2v) is 7.69. The van der Waals surface area contributed by atoms with Crippen molar-refractivity contribution in [3.63, 3.8) is 0 Å². The van der Waals surface area contributed by atoms with Crippen molar-refractivity contribution in [2.75, 3.05) is 18.2 Å². The quantitative estimate of drug-likeness (QED) is 0.855. The zero-order chi connectivity index (χ0) is 17.2. The van der Waals surface area contributed by atoms with Gasteiger partial charge in [-0.05, 0) is 43.5 Å². The van der Waals surface area contributed by atoms with E-state index in [0.29, 0.717) is 11.6 Å². The Bertz CT molecular complexity index is 840. The van der Waals surface area contributed by atoms with E-state index < -0.39 is 15.7 Å². The van der Waals surface area contributed by atoms with Crippen LogP contribution >= 0.6 is 0 Å². The SMILES string of the molecule is COc1ccc(S(=O)(=O)CCC(=O)Nc2onc3c2CCC3)cc1. The molecule has 2 aromatic rings. The summed E-state index contributed by atoms with van der Waals surface area (Å²) in [5.41, 5.74) is 1.79. The maximum Gasteiger partial charge on any atom is 0.234 e. The lowest BCUT2D eigenvalue weighted by Crippen LogP contribution is -2.17. The summed E-state index contributed by atoms with van der Waals surface area (Å²) in [6.07, 6.45) is 2.51. The van der Waals surface area contributed by atoms with E-state index in [1.165, 1.54) is 19.2 Å². The van der Waals surface area contributed by atoms with Crippen molar-refractivity contribution in [3.05, 3.63) is 35.5 Å². The number of nitrogens with zero attached hydrogens (tertiary/aromatic N) is 1. The number of carbonyl (C=O) groups is 1. The van der Waals surface area contributed by atoms with Crippen molar-refractivity contribution in [1.29, 1.82) is 0 Å². The van der Waals surface area contributed by atoms with Gasteiger partial charge in [0.15, 0.2) is 9.84 Å². The molecule has 0 unspecified atom stereocenters. The highest BCUT2D eigenvalue weighted by molar-refractivity contribution is 7.91. The molecule has 0 aliphatic heterocycles. The Kier molecular flexibility index (Phi) is 4.57. The van der Waals surface area contributed by atoms with Crippen LogP contribution in [0.1, 0.15) is 24.1 Å². The third-order valence-corrected chi connectivity index (χ3v) is 5.71. The van der Waals surface area contributed by atoms with Crippen LogP contribution < -0.4 is 10.1 Å². The van der Waals surface area contributed by atoms with Crippen LogP contribution in [0.5, 0.6) is 5.75 Å². The lowest BCUT2D eigenvalue weighted by Gasteiger charge is -2.06. The Hall–Kier alpha value is -2.35. The van der Waals surface area contributed by atoms with Gasteiger partial charge < -0.3 is 9.26 Å². The maximum absolute atomic E-state index is 12.3. The average molecular weight is 350 g/mol. The molecule has 128 valence electrons. The Morgan fingerprint density at radius 3 is 2.75 bits per heavy atom. The van der Waals surface area contributed by atoms with E-state index in [2.05, 4.69) is 10.5 Å². The fourth-order valence-corrected chi connectivity index (χ4v) is 3.88. The van der Waals surface area contributed by atoms with Crippen molar-refractivity contribution in [2.24, 2.45) is 0 Å². The predicted octanol–water partition coefficient (Wildman–Crippen LogP) is 1.97. The number of nitrogens with one attached hydrogen (secondary N) is 1. The van der Waals surface area contributed by atoms with Crippen LogP contribution in [-0.2, 0) is 27.5 Å². The smallest absolute Gasteiger partial charge is 0.234 e. The van der Waals surface area contributed by atoms with E-state index >= 15 is 0 Å². The number of sulfone groups is 1. The normalized spacial score (nSPS) is 13.5. The molecule has 0 bridgehead atoms. The molecule has 1 aliphatic rings. The molecule has 1 heterocycles. The summed E-state index contributed by atoms with van der Waals surface area (Å²) < 4.78 is 34.6. The number of hydrogen-bond acceptors (Lipinski definition) is 6. The zero-order valence-corrected chi connectivity index (χ0v) is 14.1. The molecule has 1 aromatic carbocycles. The Balaban J connectivity index is 1.60. The lowest BCUT2D eigenvalue weighted by atomic mass is 10.2. The van der Waals surface area contributed by atoms with Gasteiger partial charge in [-0.25, -0.2) is 8.42 Å². The predicted molar refractivity (Wildman–Crippen MR) is 86.8 cm³/mol. The molecule has 0 saturated heterocycles. The molecular formula is C16H18N2O5S. The third kappa shape index (κ3) is 3.43. The van der Waals surface area contributed by atoms with Crippen LogP contribution in [0.3, 0.4) is 0 Å². The number of aryl methyl sites for hydroxylation is 1. The summed E-state index contributed by atoms with van der Waals surface area (Å²) in [5, 5.41) is 6.51. The first-order valence-corrected chi connectivity index (χ1v) is 9.29. The van der Waals surface area contributed by atoms with E-state index in [-0.39, 0.29) is 17.1 Å². The van der Waals surface area contributed by atoms with Gasteiger partial charge in [-0.1, -0.05) is 5.16 Å². The van der Waals surface area contributed by atoms with Crippen LogP contribution in [0.15, 0.2) is 33.7 Å². The van der Waals surface area contributed by atoms with Gasteiger partial charge in [0.25, 0.3) is 0 Å². The number of benzene rings is 1. The Morgan fingerprint density at radius 2 is 2.04 bits per heavy atom. The van der Waals surface area contributed by atoms with E-state index in [0.717, 1.165) is 30.5 Å². The van der Waals surface area contributed by atoms with Crippen molar-refractivity contribution < 1.29 is 22.5 Å². The number of anilines is 1. The molecule has 0 fully saturated rings. The van der Waals surface area contributed by atoms with Crippen LogP contribution in [0, 0.1) is 0 Å². The average Bonchev–Trinajstić information content (AvgIpc) is 3.18. The second-order valence-electron chi connectivity index (χ2n) is 5.58. The molecule has 1 amide bonds. The van der Waals surface area contributed by atoms with E-state index in [1.807, 2.05) is 0 Å². The lowest BCUT2D eigenvalue weighted by molar-refractivity contribution is -0.116. The number of aromatic nitrogens is 1. The van der Waals surface area contributed by atoms with Crippen molar-refractivity contribution in [1.82, 2.24) is 5.16 Å². The van der Waals surface area contributed by atoms with Gasteiger partial charge in [-0.3, -0.25) is 10.1 Å². The first-order chi connectivity index (χ1) is 11.5. The molecule has 1 aromatic heterocycles. The first-order valence-electron chi connectivity index (χ1n) is 7.63. The topological polar surface area (TPSA) is 98.5 Å². The van der Waals surface area contributed by atoms with E-state index in [1.54, 1.807) is 12.1 Å². The van der Waals surface area contributed by atoms with Crippen molar-refractivity contribution >= 4 is 21.6 Å². The molecule has 1 N–H and O–H groups in total. The fraction of sp³-hybridized carbons (Fsp3) is 0.375. The molecule has 0 atom stereocenters. The summed E-state index contributed by atoms with van der Waals surface area (Å²) in [4.78, 5) is 12.2. The molecule has 0 radical (unpaired) electrons. The highest BCUT2D eigenvalue weighted by atomic mass is 32.2. The Labute approximate surface area is 139 Å². The van der Waals surface area contributed by atoms with Crippen molar-refractivity contribution in [2.45, 2.75) is 30.6 Å². The summed E-state index contributed by atoms with van der Waals surface area (Å²) >= 11 is 0. The maximum atomic E-state index is 12.3. The van der Waals surface area contributed by atoms with Gasteiger partial charge in [0.1, 0.15) is 5.75 Å². The molecular weight excluding hydrogens is 332 g/mol. The number of fused-ring (bicyclic) bond motifs is 1. The highest BCUT2D eigenvalue weighted by Gasteiger charge is 2.23. The third-order valence-electron chi connectivity index (χ3n) is 3.98. The molecule has 8 heteroatoms. The largest absolute Gasteiger partial charge is 0.497 e. The number of rotatable bonds is 6. The number of carbonyl (C=O) groups excluding carboxylic acids is 1. The highest BCUT2D eigenvalue weighted by Crippen LogP contribution is 2.28. The van der Waals surface area contributed by atoms with Crippen LogP contribution in [0.2, 0.25) is 0 Å². The molecule has 3 rings (SSSR count). The number of amides is 1. The van der Waals surface area contributed by atoms with Crippen LogP contribution in [0.25, 0.3) is 0 Å². The summed E-state index contributed by atoms with van der Waals surface area (Å²) in [6, 6.07) is 6.08. The first kappa shape index (κ1) is 16.5.